The number of nitrogens with one attached hydrogen (secondary N) is 2. The van der Waals surface area contributed by atoms with E-state index in [0.29, 0.717) is 5.92 Å². The lowest BCUT2D eigenvalue weighted by atomic mass is 9.69. The van der Waals surface area contributed by atoms with Crippen LogP contribution in [0.25, 0.3) is 0 Å². The van der Waals surface area contributed by atoms with Crippen molar-refractivity contribution in [3.8, 4) is 0 Å². The van der Waals surface area contributed by atoms with Gasteiger partial charge in [0.25, 0.3) is 0 Å². The van der Waals surface area contributed by atoms with Gasteiger partial charge in [-0.2, -0.15) is 0 Å². The maximum absolute atomic E-state index is 12.4. The number of carbonyl (C=O) groups excluding carboxylic acids is 1. The fourth-order valence-electron chi connectivity index (χ4n) is 3.28. The number of hydrogen-bond donors (Lipinski definition) is 3. The van der Waals surface area contributed by atoms with Gasteiger partial charge in [0.2, 0.25) is 5.91 Å². The summed E-state index contributed by atoms with van der Waals surface area (Å²) >= 11 is 0. The summed E-state index contributed by atoms with van der Waals surface area (Å²) < 4.78 is 0. The summed E-state index contributed by atoms with van der Waals surface area (Å²) in [6, 6.07) is -0.763. The largest absolute Gasteiger partial charge is 0.480 e. The molecule has 0 aliphatic heterocycles. The molecule has 134 valence electrons. The van der Waals surface area contributed by atoms with Crippen molar-refractivity contribution in [3.05, 3.63) is 0 Å². The zero-order valence-corrected chi connectivity index (χ0v) is 15.5. The molecule has 0 aromatic heterocycles. The van der Waals surface area contributed by atoms with Gasteiger partial charge in [-0.05, 0) is 51.4 Å². The van der Waals surface area contributed by atoms with Crippen LogP contribution in [0, 0.1) is 17.3 Å². The molecular formula is C18H34N2O3. The summed E-state index contributed by atoms with van der Waals surface area (Å²) in [6.07, 6.45) is 4.06. The average molecular weight is 326 g/mol. The number of carbonyl (C=O) groups is 2. The third-order valence-electron chi connectivity index (χ3n) is 4.66. The molecule has 1 fully saturated rings. The van der Waals surface area contributed by atoms with Gasteiger partial charge in [-0.15, -0.1) is 0 Å². The summed E-state index contributed by atoms with van der Waals surface area (Å²) in [5, 5.41) is 15.2. The topological polar surface area (TPSA) is 78.4 Å². The third-order valence-corrected chi connectivity index (χ3v) is 4.66. The van der Waals surface area contributed by atoms with Crippen LogP contribution in [0.15, 0.2) is 0 Å². The summed E-state index contributed by atoms with van der Waals surface area (Å²) in [7, 11) is 0. The zero-order chi connectivity index (χ0) is 17.8. The van der Waals surface area contributed by atoms with Gasteiger partial charge in [-0.3, -0.25) is 14.9 Å². The van der Waals surface area contributed by atoms with Crippen molar-refractivity contribution < 1.29 is 14.7 Å². The Bertz CT molecular complexity index is 421. The van der Waals surface area contributed by atoms with Gasteiger partial charge in [0, 0.05) is 18.0 Å². The maximum Gasteiger partial charge on any atom is 0.322 e. The molecule has 0 heterocycles. The molecule has 0 bridgehead atoms. The number of hydrogen-bond acceptors (Lipinski definition) is 3. The molecule has 3 N–H and O–H groups in total. The number of carboxylic acids is 1. The highest BCUT2D eigenvalue weighted by atomic mass is 16.4. The van der Waals surface area contributed by atoms with Crippen molar-refractivity contribution in [1.29, 1.82) is 0 Å². The Morgan fingerprint density at radius 3 is 2.22 bits per heavy atom. The van der Waals surface area contributed by atoms with E-state index in [4.69, 9.17) is 0 Å². The minimum Gasteiger partial charge on any atom is -0.480 e. The molecule has 1 aliphatic rings. The minimum absolute atomic E-state index is 0.000842. The Morgan fingerprint density at radius 2 is 1.74 bits per heavy atom. The van der Waals surface area contributed by atoms with Gasteiger partial charge in [0.05, 0.1) is 0 Å². The molecule has 1 saturated carbocycles. The molecule has 23 heavy (non-hydrogen) atoms. The summed E-state index contributed by atoms with van der Waals surface area (Å²) in [5.74, 6) is -0.371. The van der Waals surface area contributed by atoms with E-state index in [1.807, 2.05) is 20.8 Å². The van der Waals surface area contributed by atoms with Gasteiger partial charge < -0.3 is 10.4 Å². The molecule has 1 rings (SSSR count). The lowest BCUT2D eigenvalue weighted by Crippen LogP contribution is -2.53. The van der Waals surface area contributed by atoms with Crippen LogP contribution in [0.2, 0.25) is 0 Å². The first-order chi connectivity index (χ1) is 10.4. The molecule has 0 aromatic rings. The van der Waals surface area contributed by atoms with Crippen molar-refractivity contribution in [2.24, 2.45) is 17.3 Å². The maximum atomic E-state index is 12.4. The second-order valence-corrected chi connectivity index (χ2v) is 8.96. The quantitative estimate of drug-likeness (QED) is 0.726. The molecule has 0 aromatic carbocycles. The molecule has 0 saturated heterocycles. The molecular weight excluding hydrogens is 292 g/mol. The summed E-state index contributed by atoms with van der Waals surface area (Å²) in [5.41, 5.74) is -0.0910. The summed E-state index contributed by atoms with van der Waals surface area (Å²) in [4.78, 5) is 23.8. The number of rotatable bonds is 5. The molecule has 5 nitrogen and oxygen atoms in total. The smallest absolute Gasteiger partial charge is 0.322 e. The van der Waals surface area contributed by atoms with Crippen LogP contribution in [-0.4, -0.2) is 35.1 Å². The Kier molecular flexibility index (Phi) is 6.63. The van der Waals surface area contributed by atoms with Gasteiger partial charge in [0.1, 0.15) is 6.04 Å². The van der Waals surface area contributed by atoms with E-state index in [1.165, 1.54) is 6.42 Å². The number of carboxylic acid groups (broad SMARTS) is 1. The number of aliphatic carboxylic acids is 1. The lowest BCUT2D eigenvalue weighted by Gasteiger charge is -2.37. The lowest BCUT2D eigenvalue weighted by molar-refractivity contribution is -0.140. The highest BCUT2D eigenvalue weighted by molar-refractivity contribution is 5.80. The van der Waals surface area contributed by atoms with Crippen LogP contribution in [0.5, 0.6) is 0 Å². The normalized spacial score (nSPS) is 24.1. The van der Waals surface area contributed by atoms with E-state index in [-0.39, 0.29) is 29.3 Å². The van der Waals surface area contributed by atoms with Gasteiger partial charge in [0.15, 0.2) is 0 Å². The fraction of sp³-hybridized carbons (Fsp3) is 0.889. The van der Waals surface area contributed by atoms with Crippen LogP contribution in [0.1, 0.15) is 67.2 Å². The van der Waals surface area contributed by atoms with E-state index < -0.39 is 12.0 Å². The standard InChI is InChI=1S/C18H34N2O3/c1-17(2,3)13-9-7-8-12(10-13)15(21)19-11-14(16(22)23)20-18(4,5)6/h12-14,20H,7-11H2,1-6H3,(H,19,21)(H,22,23)/t12?,13?,14-/m1/s1. The van der Waals surface area contributed by atoms with Crippen molar-refractivity contribution in [1.82, 2.24) is 10.6 Å². The SMILES string of the molecule is CC(C)(C)N[C@H](CNC(=O)C1CCCC(C(C)(C)C)C1)C(=O)O. The Balaban J connectivity index is 2.56. The first kappa shape index (κ1) is 19.9. The van der Waals surface area contributed by atoms with E-state index in [9.17, 15) is 14.7 Å². The van der Waals surface area contributed by atoms with Crippen LogP contribution in [0.3, 0.4) is 0 Å². The van der Waals surface area contributed by atoms with E-state index >= 15 is 0 Å². The predicted molar refractivity (Wildman–Crippen MR) is 92.2 cm³/mol. The monoisotopic (exact) mass is 326 g/mol. The Labute approximate surface area is 140 Å². The third kappa shape index (κ3) is 6.90. The molecule has 1 aliphatic carbocycles. The molecule has 5 heteroatoms. The van der Waals surface area contributed by atoms with Crippen molar-refractivity contribution >= 4 is 11.9 Å². The van der Waals surface area contributed by atoms with Crippen molar-refractivity contribution in [2.45, 2.75) is 78.8 Å². The fourth-order valence-corrected chi connectivity index (χ4v) is 3.28. The Hall–Kier alpha value is -1.10. The second-order valence-electron chi connectivity index (χ2n) is 8.96. The minimum atomic E-state index is -0.934. The van der Waals surface area contributed by atoms with Crippen LogP contribution in [0.4, 0.5) is 0 Å². The van der Waals surface area contributed by atoms with Crippen molar-refractivity contribution in [3.63, 3.8) is 0 Å². The first-order valence-electron chi connectivity index (χ1n) is 8.68. The Morgan fingerprint density at radius 1 is 1.13 bits per heavy atom. The van der Waals surface area contributed by atoms with Gasteiger partial charge >= 0.3 is 5.97 Å². The van der Waals surface area contributed by atoms with Crippen LogP contribution in [-0.2, 0) is 9.59 Å². The predicted octanol–water partition coefficient (Wildman–Crippen LogP) is 2.80. The zero-order valence-electron chi connectivity index (χ0n) is 15.5. The highest BCUT2D eigenvalue weighted by Crippen LogP contribution is 2.40. The van der Waals surface area contributed by atoms with Crippen LogP contribution >= 0.6 is 0 Å². The van der Waals surface area contributed by atoms with Crippen LogP contribution < -0.4 is 10.6 Å². The number of amides is 1. The first-order valence-corrected chi connectivity index (χ1v) is 8.68. The van der Waals surface area contributed by atoms with E-state index in [1.54, 1.807) is 0 Å². The van der Waals surface area contributed by atoms with Crippen molar-refractivity contribution in [2.75, 3.05) is 6.54 Å². The van der Waals surface area contributed by atoms with E-state index in [2.05, 4.69) is 31.4 Å². The highest BCUT2D eigenvalue weighted by Gasteiger charge is 2.34. The molecule has 0 spiro atoms. The van der Waals surface area contributed by atoms with Gasteiger partial charge in [-0.25, -0.2) is 0 Å². The van der Waals surface area contributed by atoms with E-state index in [0.717, 1.165) is 19.3 Å². The summed E-state index contributed by atoms with van der Waals surface area (Å²) in [6.45, 7) is 12.6. The van der Waals surface area contributed by atoms with Gasteiger partial charge in [-0.1, -0.05) is 27.2 Å². The molecule has 1 amide bonds. The molecule has 3 atom stereocenters. The second kappa shape index (κ2) is 7.65. The molecule has 2 unspecified atom stereocenters. The molecule has 0 radical (unpaired) electrons. The average Bonchev–Trinajstić information content (AvgIpc) is 2.40.